The van der Waals surface area contributed by atoms with Gasteiger partial charge in [-0.15, -0.1) is 0 Å². The third kappa shape index (κ3) is 6.00. The zero-order valence-corrected chi connectivity index (χ0v) is 22.9. The molecule has 0 atom stereocenters. The van der Waals surface area contributed by atoms with Crippen LogP contribution in [0.1, 0.15) is 15.9 Å². The summed E-state index contributed by atoms with van der Waals surface area (Å²) in [6.07, 6.45) is -4.60. The molecule has 1 aliphatic heterocycles. The lowest BCUT2D eigenvalue weighted by molar-refractivity contribution is -0.137. The number of benzene rings is 4. The van der Waals surface area contributed by atoms with Crippen molar-refractivity contribution < 1.29 is 32.2 Å². The number of para-hydroxylation sites is 1. The van der Waals surface area contributed by atoms with E-state index in [9.17, 15) is 22.8 Å². The molecule has 5 aromatic rings. The van der Waals surface area contributed by atoms with E-state index in [2.05, 4.69) is 5.32 Å². The second-order valence-electron chi connectivity index (χ2n) is 10.1. The van der Waals surface area contributed by atoms with Gasteiger partial charge in [-0.2, -0.15) is 13.2 Å². The molecular weight excluding hydrogens is 559 g/mol. The van der Waals surface area contributed by atoms with Gasteiger partial charge in [-0.05, 0) is 41.1 Å². The monoisotopic (exact) mass is 585 g/mol. The number of nitrogens with one attached hydrogen (secondary N) is 1. The molecule has 0 unspecified atom stereocenters. The maximum absolute atomic E-state index is 13.5. The first-order valence-corrected chi connectivity index (χ1v) is 13.7. The van der Waals surface area contributed by atoms with Crippen molar-refractivity contribution in [3.8, 4) is 11.3 Å². The Morgan fingerprint density at radius 2 is 1.60 bits per heavy atom. The Kier molecular flexibility index (Phi) is 7.69. The minimum atomic E-state index is -4.60. The van der Waals surface area contributed by atoms with Crippen molar-refractivity contribution in [3.05, 3.63) is 102 Å². The summed E-state index contributed by atoms with van der Waals surface area (Å²) < 4.78 is 51.1. The highest BCUT2D eigenvalue weighted by Gasteiger charge is 2.32. The van der Waals surface area contributed by atoms with Gasteiger partial charge in [0.15, 0.2) is 6.61 Å². The van der Waals surface area contributed by atoms with E-state index in [1.807, 2.05) is 53.4 Å². The number of amides is 1. The lowest BCUT2D eigenvalue weighted by Crippen LogP contribution is -2.37. The van der Waals surface area contributed by atoms with E-state index in [-0.39, 0.29) is 11.3 Å². The number of nitrogens with zero attached hydrogens (tertiary/aromatic N) is 2. The molecule has 43 heavy (non-hydrogen) atoms. The van der Waals surface area contributed by atoms with Gasteiger partial charge in [0.05, 0.1) is 46.9 Å². The van der Waals surface area contributed by atoms with E-state index < -0.39 is 30.2 Å². The van der Waals surface area contributed by atoms with Gasteiger partial charge < -0.3 is 19.7 Å². The molecule has 1 aliphatic rings. The number of ether oxygens (including phenoxy) is 2. The third-order valence-electron chi connectivity index (χ3n) is 7.29. The van der Waals surface area contributed by atoms with Gasteiger partial charge in [0, 0.05) is 24.0 Å². The number of fused-ring (bicyclic) bond motifs is 2. The second-order valence-corrected chi connectivity index (χ2v) is 10.1. The number of aromatic nitrogens is 1. The first-order valence-electron chi connectivity index (χ1n) is 13.7. The first-order chi connectivity index (χ1) is 20.8. The van der Waals surface area contributed by atoms with Crippen LogP contribution in [-0.2, 0) is 20.4 Å². The van der Waals surface area contributed by atoms with Gasteiger partial charge >= 0.3 is 12.1 Å². The molecule has 1 fully saturated rings. The molecule has 1 N–H and O–H groups in total. The molecular formula is C33H26F3N3O4. The van der Waals surface area contributed by atoms with E-state index in [0.29, 0.717) is 48.6 Å². The predicted molar refractivity (Wildman–Crippen MR) is 158 cm³/mol. The van der Waals surface area contributed by atoms with E-state index in [4.69, 9.17) is 14.5 Å². The Morgan fingerprint density at radius 1 is 0.884 bits per heavy atom. The van der Waals surface area contributed by atoms with E-state index in [0.717, 1.165) is 28.5 Å². The van der Waals surface area contributed by atoms with Crippen LogP contribution in [0.2, 0.25) is 0 Å². The molecule has 0 aliphatic carbocycles. The normalized spacial score (nSPS) is 13.7. The molecule has 1 saturated heterocycles. The zero-order chi connectivity index (χ0) is 30.0. The van der Waals surface area contributed by atoms with Crippen LogP contribution < -0.4 is 10.2 Å². The number of anilines is 2. The molecule has 6 rings (SSSR count). The molecule has 1 aromatic heterocycles. The van der Waals surface area contributed by atoms with Crippen molar-refractivity contribution >= 4 is 44.9 Å². The minimum absolute atomic E-state index is 0.0228. The van der Waals surface area contributed by atoms with E-state index >= 15 is 0 Å². The van der Waals surface area contributed by atoms with Crippen LogP contribution in [0.5, 0.6) is 0 Å². The third-order valence-corrected chi connectivity index (χ3v) is 7.29. The van der Waals surface area contributed by atoms with Gasteiger partial charge in [0.1, 0.15) is 0 Å². The summed E-state index contributed by atoms with van der Waals surface area (Å²) in [4.78, 5) is 32.9. The number of carbonyl (C=O) groups excluding carboxylic acids is 2. The Bertz CT molecular complexity index is 1830. The fourth-order valence-electron chi connectivity index (χ4n) is 5.22. The maximum atomic E-state index is 13.5. The summed E-state index contributed by atoms with van der Waals surface area (Å²) in [5.74, 6) is -1.53. The molecule has 2 heterocycles. The number of morpholine rings is 1. The standard InChI is InChI=1S/C33H26F3N3O4/c34-33(35,36)22-12-13-30(39-14-16-42-17-15-39)29(18-22)38-31(40)20-43-32(41)26-19-28(37-27-11-4-3-9-25(26)27)24-10-5-7-21-6-1-2-8-23(21)24/h1-13,18-19H,14-17,20H2,(H,38,40). The van der Waals surface area contributed by atoms with E-state index in [1.54, 1.807) is 24.3 Å². The molecule has 0 saturated carbocycles. The van der Waals surface area contributed by atoms with Crippen molar-refractivity contribution in [2.45, 2.75) is 6.18 Å². The Balaban J connectivity index is 1.26. The van der Waals surface area contributed by atoms with Gasteiger partial charge in [-0.3, -0.25) is 4.79 Å². The summed E-state index contributed by atoms with van der Waals surface area (Å²) in [5.41, 5.74) is 1.68. The Morgan fingerprint density at radius 3 is 2.40 bits per heavy atom. The van der Waals surface area contributed by atoms with Gasteiger partial charge in [0.2, 0.25) is 0 Å². The van der Waals surface area contributed by atoms with Crippen molar-refractivity contribution in [2.75, 3.05) is 43.1 Å². The largest absolute Gasteiger partial charge is 0.452 e. The lowest BCUT2D eigenvalue weighted by atomic mass is 9.99. The number of pyridine rings is 1. The molecule has 1 amide bonds. The van der Waals surface area contributed by atoms with Crippen LogP contribution in [0, 0.1) is 0 Å². The van der Waals surface area contributed by atoms with Gasteiger partial charge in [-0.25, -0.2) is 9.78 Å². The Labute approximate surface area is 244 Å². The second kappa shape index (κ2) is 11.7. The van der Waals surface area contributed by atoms with Crippen LogP contribution in [0.3, 0.4) is 0 Å². The molecule has 218 valence electrons. The van der Waals surface area contributed by atoms with Crippen LogP contribution >= 0.6 is 0 Å². The highest BCUT2D eigenvalue weighted by atomic mass is 19.4. The van der Waals surface area contributed by atoms with Gasteiger partial charge in [0.25, 0.3) is 5.91 Å². The predicted octanol–water partition coefficient (Wildman–Crippen LogP) is 6.71. The number of hydrogen-bond donors (Lipinski definition) is 1. The smallest absolute Gasteiger partial charge is 0.416 e. The topological polar surface area (TPSA) is 80.8 Å². The SMILES string of the molecule is O=C(COC(=O)c1cc(-c2cccc3ccccc23)nc2ccccc12)Nc1cc(C(F)(F)F)ccc1N1CCOCC1. The summed E-state index contributed by atoms with van der Waals surface area (Å²) in [5, 5.41) is 5.03. The number of alkyl halides is 3. The number of esters is 1. The Hall–Kier alpha value is -4.96. The van der Waals surface area contributed by atoms with Crippen molar-refractivity contribution in [2.24, 2.45) is 0 Å². The van der Waals surface area contributed by atoms with Crippen molar-refractivity contribution in [3.63, 3.8) is 0 Å². The summed E-state index contributed by atoms with van der Waals surface area (Å²) in [6, 6.07) is 25.6. The van der Waals surface area contributed by atoms with Crippen molar-refractivity contribution in [1.29, 1.82) is 0 Å². The summed E-state index contributed by atoms with van der Waals surface area (Å²) in [6.45, 7) is 1.03. The molecule has 0 spiro atoms. The van der Waals surface area contributed by atoms with E-state index in [1.165, 1.54) is 6.07 Å². The summed E-state index contributed by atoms with van der Waals surface area (Å²) in [7, 11) is 0. The average molecular weight is 586 g/mol. The lowest BCUT2D eigenvalue weighted by Gasteiger charge is -2.31. The maximum Gasteiger partial charge on any atom is 0.416 e. The highest BCUT2D eigenvalue weighted by Crippen LogP contribution is 2.36. The van der Waals surface area contributed by atoms with Crippen LogP contribution in [-0.4, -0.2) is 49.8 Å². The van der Waals surface area contributed by atoms with Crippen LogP contribution in [0.4, 0.5) is 24.5 Å². The highest BCUT2D eigenvalue weighted by molar-refractivity contribution is 6.07. The first kappa shape index (κ1) is 28.2. The quantitative estimate of drug-likeness (QED) is 0.223. The molecule has 4 aromatic carbocycles. The molecule has 0 radical (unpaired) electrons. The number of hydrogen-bond acceptors (Lipinski definition) is 6. The fourth-order valence-corrected chi connectivity index (χ4v) is 5.22. The summed E-state index contributed by atoms with van der Waals surface area (Å²) >= 11 is 0. The molecule has 7 nitrogen and oxygen atoms in total. The van der Waals surface area contributed by atoms with Crippen LogP contribution in [0.25, 0.3) is 32.9 Å². The number of carbonyl (C=O) groups is 2. The van der Waals surface area contributed by atoms with Gasteiger partial charge in [-0.1, -0.05) is 60.7 Å². The van der Waals surface area contributed by atoms with Crippen LogP contribution in [0.15, 0.2) is 91.0 Å². The molecule has 0 bridgehead atoms. The number of rotatable bonds is 6. The molecule has 10 heteroatoms. The average Bonchev–Trinajstić information content (AvgIpc) is 3.02. The minimum Gasteiger partial charge on any atom is -0.452 e. The zero-order valence-electron chi connectivity index (χ0n) is 22.9. The number of halogens is 3. The van der Waals surface area contributed by atoms with Crippen molar-refractivity contribution in [1.82, 2.24) is 4.98 Å². The fraction of sp³-hybridized carbons (Fsp3) is 0.182.